The van der Waals surface area contributed by atoms with Gasteiger partial charge < -0.3 is 54.3 Å². The largest absolute Gasteiger partial charge is 4.00 e. The van der Waals surface area contributed by atoms with E-state index in [0.717, 1.165) is 0 Å². The average molecular weight is 1390 g/mol. The SMILES string of the molecule is C[Si](C)(C)[C]1[CH][CH][CH][CH-]1.C[Si](C)(C)c1cc[cH-]c1.C[Si](C)(C)c1ccc[cH-]1.C[Si](C)(C)c1ccc[cH-]1.[C-]#C[Si](C)(C)C.[C-]#C[Si](C)(C)C.[C-]#C[Si](C)(C)C.[C-]#C[Si](C)(C)C.[Cu+].[Cu][I].[O-][Cl+3]([O-])([O-])[O-].[Ti+4].[Ti+4]. The second-order valence-corrected chi connectivity index (χ2v) is 63.6. The fraction of sp³-hybridized carbons (Fsp3) is 0.462. The minimum absolute atomic E-state index is 0. The fourth-order valence-electron chi connectivity index (χ4n) is 3.50. The van der Waals surface area contributed by atoms with E-state index in [2.05, 4.69) is 291 Å². The Balaban J connectivity index is -0.0000000853. The first-order valence-electron chi connectivity index (χ1n) is 22.0. The molecule has 396 valence electrons. The minimum Gasteiger partial charge on any atom is -0.222 e. The topological polar surface area (TPSA) is 92.2 Å². The van der Waals surface area contributed by atoms with Crippen molar-refractivity contribution < 1.29 is 102 Å². The molecule has 1 aliphatic carbocycles. The van der Waals surface area contributed by atoms with Crippen LogP contribution < -0.4 is 34.2 Å². The minimum atomic E-state index is -4.94. The van der Waals surface area contributed by atoms with Gasteiger partial charge in [0, 0.05) is 16.1 Å². The van der Waals surface area contributed by atoms with Gasteiger partial charge in [0.1, 0.15) is 0 Å². The number of halogens is 2. The van der Waals surface area contributed by atoms with Crippen molar-refractivity contribution in [3.63, 3.8) is 0 Å². The van der Waals surface area contributed by atoms with Gasteiger partial charge in [0.15, 0.2) is 0 Å². The molecule has 3 aromatic carbocycles. The monoisotopic (exact) mass is 1380 g/mol. The molecule has 0 unspecified atom stereocenters. The van der Waals surface area contributed by atoms with E-state index in [1.165, 1.54) is 0 Å². The Morgan fingerprint density at radius 1 is 0.486 bits per heavy atom. The summed E-state index contributed by atoms with van der Waals surface area (Å²) in [6, 6.07) is 26.1. The molecular formula is C52H88ClCu2IO4Si8Ti2. The zero-order valence-corrected chi connectivity index (χ0v) is 63.1. The van der Waals surface area contributed by atoms with Crippen LogP contribution in [0.25, 0.3) is 0 Å². The van der Waals surface area contributed by atoms with Crippen LogP contribution >= 0.6 is 20.3 Å². The van der Waals surface area contributed by atoms with Gasteiger partial charge in [-0.15, -0.1) is 10.2 Å². The Hall–Kier alpha value is 1.35. The van der Waals surface area contributed by atoms with Crippen molar-refractivity contribution in [1.29, 1.82) is 0 Å². The molecule has 70 heavy (non-hydrogen) atoms. The van der Waals surface area contributed by atoms with Gasteiger partial charge in [0.2, 0.25) is 0 Å². The second-order valence-electron chi connectivity index (χ2n) is 23.6. The van der Waals surface area contributed by atoms with Crippen molar-refractivity contribution in [2.24, 2.45) is 0 Å². The van der Waals surface area contributed by atoms with Crippen LogP contribution in [0.4, 0.5) is 0 Å². The van der Waals surface area contributed by atoms with Crippen molar-refractivity contribution >= 4 is 100 Å². The third kappa shape index (κ3) is 75.9. The second kappa shape index (κ2) is 44.3. The summed E-state index contributed by atoms with van der Waals surface area (Å²) < 4.78 is 34.0. The van der Waals surface area contributed by atoms with Crippen LogP contribution in [0.3, 0.4) is 0 Å². The van der Waals surface area contributed by atoms with E-state index in [0.29, 0.717) is 0 Å². The van der Waals surface area contributed by atoms with Crippen LogP contribution in [0, 0.1) is 89.3 Å². The fourth-order valence-corrected chi connectivity index (χ4v) is 8.27. The summed E-state index contributed by atoms with van der Waals surface area (Å²) in [5.74, 6) is 0. The molecule has 4 radical (unpaired) electrons. The Kier molecular flexibility index (Phi) is 57.5. The molecule has 0 aliphatic heterocycles. The molecule has 0 spiro atoms. The zero-order chi connectivity index (χ0) is 55.0. The van der Waals surface area contributed by atoms with Gasteiger partial charge in [0.05, 0.1) is 48.4 Å². The first kappa shape index (κ1) is 90.8. The van der Waals surface area contributed by atoms with Crippen LogP contribution in [0.1, 0.15) is 0 Å². The predicted octanol–water partition coefficient (Wildman–Crippen LogP) is 10.1. The average Bonchev–Trinajstić information content (AvgIpc) is 3.98. The standard InChI is InChI=1S/4C8H13Si.4C5H9Si.ClHO4.2Cu.HI.2Ti/c4*1-9(2,3)8-6-4-5-7-8;4*1-5-6(2,3)4;2-1(3,4)5;;;;;/h4*4-7H,1-3H3;4*2-4H3;(H,2,3,4,5);;;1H;;/q8*-1;;2*+1;;2*+4/p-2. The first-order valence-corrected chi connectivity index (χ1v) is 54.3. The van der Waals surface area contributed by atoms with Crippen molar-refractivity contribution in [3.8, 4) is 22.2 Å². The summed E-state index contributed by atoms with van der Waals surface area (Å²) in [6.07, 6.45) is 35.4. The van der Waals surface area contributed by atoms with Crippen molar-refractivity contribution in [2.45, 2.75) is 157 Å². The van der Waals surface area contributed by atoms with E-state index in [1.54, 1.807) is 41.4 Å². The third-order valence-electron chi connectivity index (χ3n) is 7.61. The molecule has 0 bridgehead atoms. The van der Waals surface area contributed by atoms with Crippen LogP contribution in [-0.2, 0) is 73.3 Å². The van der Waals surface area contributed by atoms with Gasteiger partial charge >= 0.3 is 93.6 Å². The van der Waals surface area contributed by atoms with E-state index < -0.39 is 74.8 Å². The van der Waals surface area contributed by atoms with E-state index in [1.807, 2.05) is 0 Å². The van der Waals surface area contributed by atoms with E-state index in [9.17, 15) is 0 Å². The predicted molar refractivity (Wildman–Crippen MR) is 315 cm³/mol. The van der Waals surface area contributed by atoms with E-state index in [4.69, 9.17) is 44.3 Å². The molecule has 0 aromatic heterocycles. The summed E-state index contributed by atoms with van der Waals surface area (Å²) in [5, 5.41) is 4.67. The van der Waals surface area contributed by atoms with Gasteiger partial charge in [-0.1, -0.05) is 170 Å². The molecule has 0 saturated heterocycles. The normalized spacial score (nSPS) is 12.0. The molecule has 4 rings (SSSR count). The Labute approximate surface area is 505 Å². The molecule has 1 saturated carbocycles. The van der Waals surface area contributed by atoms with Crippen molar-refractivity contribution in [3.05, 3.63) is 130 Å². The summed E-state index contributed by atoms with van der Waals surface area (Å²) >= 11 is 5.87. The smallest absolute Gasteiger partial charge is 0.222 e. The summed E-state index contributed by atoms with van der Waals surface area (Å²) in [4.78, 5) is 0. The Morgan fingerprint density at radius 3 is 0.843 bits per heavy atom. The van der Waals surface area contributed by atoms with Crippen LogP contribution in [0.5, 0.6) is 0 Å². The van der Waals surface area contributed by atoms with Crippen LogP contribution in [0.2, 0.25) is 157 Å². The molecule has 0 amide bonds. The summed E-state index contributed by atoms with van der Waals surface area (Å²) in [5.41, 5.74) is 11.5. The third-order valence-corrected chi connectivity index (χ3v) is 18.9. The van der Waals surface area contributed by atoms with Crippen molar-refractivity contribution in [1.82, 2.24) is 0 Å². The molecule has 0 heterocycles. The maximum atomic E-state index is 8.49. The molecule has 1 fully saturated rings. The molecule has 1 aliphatic rings. The van der Waals surface area contributed by atoms with E-state index >= 15 is 0 Å². The summed E-state index contributed by atoms with van der Waals surface area (Å²) in [7, 11) is -13.7. The van der Waals surface area contributed by atoms with Gasteiger partial charge in [-0.05, 0) is 0 Å². The Bertz CT molecular complexity index is 1570. The number of rotatable bonds is 4. The molecule has 18 heteroatoms. The Morgan fingerprint density at radius 2 is 0.757 bits per heavy atom. The van der Waals surface area contributed by atoms with Crippen molar-refractivity contribution in [2.75, 3.05) is 0 Å². The van der Waals surface area contributed by atoms with Gasteiger partial charge in [-0.3, -0.25) is 0 Å². The maximum absolute atomic E-state index is 8.49. The molecule has 0 N–H and O–H groups in total. The summed E-state index contributed by atoms with van der Waals surface area (Å²) in [6.45, 7) is 53.4. The van der Waals surface area contributed by atoms with Gasteiger partial charge in [-0.2, -0.15) is 64.8 Å². The molecular weight excluding hydrogens is 1300 g/mol. The quantitative estimate of drug-likeness (QED) is 0.113. The van der Waals surface area contributed by atoms with Gasteiger partial charge in [0.25, 0.3) is 0 Å². The first-order chi connectivity index (χ1) is 29.7. The van der Waals surface area contributed by atoms with Crippen LogP contribution in [0.15, 0.2) is 72.8 Å². The molecule has 3 aromatic rings. The van der Waals surface area contributed by atoms with E-state index in [-0.39, 0.29) is 60.5 Å². The molecule has 4 nitrogen and oxygen atoms in total. The zero-order valence-electron chi connectivity index (χ0n) is 47.2. The van der Waals surface area contributed by atoms with Crippen LogP contribution in [-0.4, -0.2) is 64.6 Å². The number of hydrogen-bond donors (Lipinski definition) is 0. The maximum Gasteiger partial charge on any atom is 4.00 e. The van der Waals surface area contributed by atoms with Gasteiger partial charge in [-0.25, -0.2) is 54.2 Å². The number of hydrogen-bond acceptors (Lipinski definition) is 4. The molecule has 0 atom stereocenters.